The van der Waals surface area contributed by atoms with Gasteiger partial charge in [0.25, 0.3) is 0 Å². The molecule has 0 unspecified atom stereocenters. The summed E-state index contributed by atoms with van der Waals surface area (Å²) in [4.78, 5) is 11.5. The molecule has 0 saturated carbocycles. The summed E-state index contributed by atoms with van der Waals surface area (Å²) in [5, 5.41) is 2.62. The Labute approximate surface area is 109 Å². The average molecular weight is 246 g/mol. The molecule has 0 heterocycles. The standard InChI is InChI=1S/C15H22N2O/c1-5-6-7-8-14(16)11-15(18)17-13(4)10-9-12(2)3/h5-6,9-11H,2,4,7-8,16H2,1,3H3,(H,17,18)/b6-5+,10-9-,14-11+. The van der Waals surface area contributed by atoms with Crippen molar-refractivity contribution in [1.82, 2.24) is 5.32 Å². The molecule has 0 aromatic rings. The summed E-state index contributed by atoms with van der Waals surface area (Å²) >= 11 is 0. The summed E-state index contributed by atoms with van der Waals surface area (Å²) in [5.41, 5.74) is 7.69. The molecule has 0 aliphatic rings. The molecule has 0 spiro atoms. The zero-order valence-corrected chi connectivity index (χ0v) is 11.2. The Bertz CT molecular complexity index is 401. The second-order valence-electron chi connectivity index (χ2n) is 4.02. The molecule has 3 heteroatoms. The van der Waals surface area contributed by atoms with Gasteiger partial charge in [-0.1, -0.05) is 37.0 Å². The highest BCUT2D eigenvalue weighted by atomic mass is 16.1. The van der Waals surface area contributed by atoms with Crippen LogP contribution in [0.25, 0.3) is 0 Å². The molecular weight excluding hydrogens is 224 g/mol. The predicted octanol–water partition coefficient (Wildman–Crippen LogP) is 2.95. The minimum absolute atomic E-state index is 0.260. The van der Waals surface area contributed by atoms with Crippen molar-refractivity contribution in [3.63, 3.8) is 0 Å². The second-order valence-corrected chi connectivity index (χ2v) is 4.02. The van der Waals surface area contributed by atoms with Gasteiger partial charge in [-0.15, -0.1) is 0 Å². The lowest BCUT2D eigenvalue weighted by Crippen LogP contribution is -2.20. The summed E-state index contributed by atoms with van der Waals surface area (Å²) in [5.74, 6) is -0.260. The molecule has 1 amide bonds. The Morgan fingerprint density at radius 2 is 2.00 bits per heavy atom. The lowest BCUT2D eigenvalue weighted by molar-refractivity contribution is -0.115. The van der Waals surface area contributed by atoms with Crippen LogP contribution in [0, 0.1) is 0 Å². The first kappa shape index (κ1) is 16.0. The van der Waals surface area contributed by atoms with E-state index in [1.54, 1.807) is 12.2 Å². The number of hydrogen-bond acceptors (Lipinski definition) is 2. The first-order valence-electron chi connectivity index (χ1n) is 5.86. The molecule has 0 aliphatic carbocycles. The maximum atomic E-state index is 11.5. The Kier molecular flexibility index (Phi) is 8.03. The van der Waals surface area contributed by atoms with E-state index in [4.69, 9.17) is 5.73 Å². The van der Waals surface area contributed by atoms with Crippen molar-refractivity contribution < 1.29 is 4.79 Å². The van der Waals surface area contributed by atoms with E-state index in [1.165, 1.54) is 6.08 Å². The number of nitrogens with one attached hydrogen (secondary N) is 1. The van der Waals surface area contributed by atoms with Crippen LogP contribution in [0.4, 0.5) is 0 Å². The summed E-state index contributed by atoms with van der Waals surface area (Å²) in [6.07, 6.45) is 10.3. The van der Waals surface area contributed by atoms with Crippen LogP contribution in [0.15, 0.2) is 60.5 Å². The van der Waals surface area contributed by atoms with Gasteiger partial charge in [-0.05, 0) is 32.8 Å². The van der Waals surface area contributed by atoms with Crippen molar-refractivity contribution in [3.8, 4) is 0 Å². The number of nitrogens with two attached hydrogens (primary N) is 1. The molecule has 0 aromatic carbocycles. The highest BCUT2D eigenvalue weighted by Crippen LogP contribution is 2.00. The lowest BCUT2D eigenvalue weighted by Gasteiger charge is -2.02. The third-order valence-corrected chi connectivity index (χ3v) is 2.00. The van der Waals surface area contributed by atoms with E-state index in [-0.39, 0.29) is 5.91 Å². The molecule has 0 aromatic heterocycles. The zero-order valence-electron chi connectivity index (χ0n) is 11.2. The van der Waals surface area contributed by atoms with E-state index >= 15 is 0 Å². The van der Waals surface area contributed by atoms with Crippen molar-refractivity contribution in [2.45, 2.75) is 26.7 Å². The third kappa shape index (κ3) is 9.21. The number of allylic oxidation sites excluding steroid dienone is 6. The highest BCUT2D eigenvalue weighted by Gasteiger charge is 1.98. The van der Waals surface area contributed by atoms with Gasteiger partial charge in [-0.2, -0.15) is 0 Å². The van der Waals surface area contributed by atoms with Crippen molar-refractivity contribution in [3.05, 3.63) is 60.5 Å². The van der Waals surface area contributed by atoms with Crippen molar-refractivity contribution >= 4 is 5.91 Å². The van der Waals surface area contributed by atoms with Crippen molar-refractivity contribution in [2.24, 2.45) is 5.73 Å². The average Bonchev–Trinajstić information content (AvgIpc) is 2.26. The molecule has 0 aliphatic heterocycles. The Morgan fingerprint density at radius 3 is 2.56 bits per heavy atom. The van der Waals surface area contributed by atoms with Crippen LogP contribution in [0.1, 0.15) is 26.7 Å². The maximum Gasteiger partial charge on any atom is 0.250 e. The summed E-state index contributed by atoms with van der Waals surface area (Å²) < 4.78 is 0. The molecule has 98 valence electrons. The normalized spacial score (nSPS) is 12.0. The van der Waals surface area contributed by atoms with E-state index in [0.717, 1.165) is 12.0 Å². The number of carbonyl (C=O) groups is 1. The lowest BCUT2D eigenvalue weighted by atomic mass is 10.2. The number of carbonyl (C=O) groups excluding carboxylic acids is 1. The van der Waals surface area contributed by atoms with Gasteiger partial charge in [0.2, 0.25) is 5.91 Å². The maximum absolute atomic E-state index is 11.5. The SMILES string of the molecule is C=C(C)/C=C\C(=C)NC(=O)/C=C(/N)CC/C=C/C. The fourth-order valence-corrected chi connectivity index (χ4v) is 1.14. The quantitative estimate of drug-likeness (QED) is 0.412. The number of amides is 1. The van der Waals surface area contributed by atoms with E-state index in [2.05, 4.69) is 18.5 Å². The van der Waals surface area contributed by atoms with Crippen LogP contribution in [-0.4, -0.2) is 5.91 Å². The van der Waals surface area contributed by atoms with Crippen LogP contribution in [0.3, 0.4) is 0 Å². The van der Waals surface area contributed by atoms with Crippen LogP contribution in [-0.2, 0) is 4.79 Å². The summed E-state index contributed by atoms with van der Waals surface area (Å²) in [6, 6.07) is 0. The third-order valence-electron chi connectivity index (χ3n) is 2.00. The largest absolute Gasteiger partial charge is 0.402 e. The fourth-order valence-electron chi connectivity index (χ4n) is 1.14. The van der Waals surface area contributed by atoms with Crippen LogP contribution in [0.5, 0.6) is 0 Å². The first-order valence-corrected chi connectivity index (χ1v) is 5.86. The Hall–Kier alpha value is -2.03. The smallest absolute Gasteiger partial charge is 0.250 e. The van der Waals surface area contributed by atoms with Gasteiger partial charge in [0, 0.05) is 17.5 Å². The minimum Gasteiger partial charge on any atom is -0.402 e. The van der Waals surface area contributed by atoms with Crippen molar-refractivity contribution in [1.29, 1.82) is 0 Å². The molecule has 0 radical (unpaired) electrons. The van der Waals surface area contributed by atoms with Gasteiger partial charge in [-0.25, -0.2) is 0 Å². The number of rotatable bonds is 7. The molecule has 0 rings (SSSR count). The Morgan fingerprint density at radius 1 is 1.33 bits per heavy atom. The monoisotopic (exact) mass is 246 g/mol. The second kappa shape index (κ2) is 9.05. The van der Waals surface area contributed by atoms with Crippen LogP contribution < -0.4 is 11.1 Å². The molecule has 0 bridgehead atoms. The van der Waals surface area contributed by atoms with Gasteiger partial charge < -0.3 is 11.1 Å². The van der Waals surface area contributed by atoms with E-state index < -0.39 is 0 Å². The topological polar surface area (TPSA) is 55.1 Å². The molecule has 18 heavy (non-hydrogen) atoms. The van der Waals surface area contributed by atoms with E-state index in [9.17, 15) is 4.79 Å². The number of hydrogen-bond donors (Lipinski definition) is 2. The molecule has 0 atom stereocenters. The van der Waals surface area contributed by atoms with E-state index in [1.807, 2.05) is 26.0 Å². The van der Waals surface area contributed by atoms with Gasteiger partial charge in [-0.3, -0.25) is 4.79 Å². The summed E-state index contributed by atoms with van der Waals surface area (Å²) in [7, 11) is 0. The molecule has 0 saturated heterocycles. The van der Waals surface area contributed by atoms with E-state index in [0.29, 0.717) is 17.8 Å². The Balaban J connectivity index is 4.20. The van der Waals surface area contributed by atoms with Gasteiger partial charge in [0.05, 0.1) is 0 Å². The van der Waals surface area contributed by atoms with Gasteiger partial charge in [0.15, 0.2) is 0 Å². The van der Waals surface area contributed by atoms with Gasteiger partial charge in [0.1, 0.15) is 0 Å². The molecule has 3 nitrogen and oxygen atoms in total. The molecule has 0 fully saturated rings. The predicted molar refractivity (Wildman–Crippen MR) is 77.6 cm³/mol. The first-order chi connectivity index (χ1) is 8.45. The molecule has 3 N–H and O–H groups in total. The molecular formula is C15H22N2O. The minimum atomic E-state index is -0.260. The fraction of sp³-hybridized carbons (Fsp3) is 0.267. The van der Waals surface area contributed by atoms with Gasteiger partial charge >= 0.3 is 0 Å². The van der Waals surface area contributed by atoms with Crippen molar-refractivity contribution in [2.75, 3.05) is 0 Å². The summed E-state index contributed by atoms with van der Waals surface area (Å²) in [6.45, 7) is 11.2. The highest BCUT2D eigenvalue weighted by molar-refractivity contribution is 5.89. The van der Waals surface area contributed by atoms with Crippen LogP contribution >= 0.6 is 0 Å². The van der Waals surface area contributed by atoms with Crippen LogP contribution in [0.2, 0.25) is 0 Å². The zero-order chi connectivity index (χ0) is 14.0.